The molecule has 13 heavy (non-hydrogen) atoms. The highest BCUT2D eigenvalue weighted by Gasteiger charge is 2.36. The molecule has 2 aliphatic heterocycles. The number of amides is 1. The van der Waals surface area contributed by atoms with Gasteiger partial charge in [0.05, 0.1) is 18.6 Å². The van der Waals surface area contributed by atoms with Crippen molar-refractivity contribution in [1.29, 1.82) is 0 Å². The van der Waals surface area contributed by atoms with Gasteiger partial charge in [0.2, 0.25) is 5.91 Å². The Bertz CT molecular complexity index is 202. The third-order valence-electron chi connectivity index (χ3n) is 2.73. The molecule has 4 nitrogen and oxygen atoms in total. The van der Waals surface area contributed by atoms with E-state index in [2.05, 4.69) is 5.32 Å². The van der Waals surface area contributed by atoms with Gasteiger partial charge in [-0.2, -0.15) is 0 Å². The smallest absolute Gasteiger partial charge is 0.249 e. The molecule has 2 unspecified atom stereocenters. The van der Waals surface area contributed by atoms with E-state index in [4.69, 9.17) is 4.84 Å². The summed E-state index contributed by atoms with van der Waals surface area (Å²) in [5.74, 6) is 0.153. The highest BCUT2D eigenvalue weighted by Crippen LogP contribution is 2.22. The van der Waals surface area contributed by atoms with Crippen LogP contribution in [0.5, 0.6) is 0 Å². The van der Waals surface area contributed by atoms with E-state index in [9.17, 15) is 4.79 Å². The van der Waals surface area contributed by atoms with Crippen molar-refractivity contribution in [2.45, 2.75) is 38.3 Å². The normalized spacial score (nSPS) is 34.5. The Kier molecular flexibility index (Phi) is 2.51. The average molecular weight is 184 g/mol. The molecule has 1 N–H and O–H groups in total. The Hall–Kier alpha value is -0.610. The molecule has 0 aromatic heterocycles. The maximum absolute atomic E-state index is 11.5. The maximum Gasteiger partial charge on any atom is 0.249 e. The van der Waals surface area contributed by atoms with Crippen molar-refractivity contribution in [1.82, 2.24) is 10.4 Å². The molecule has 2 aliphatic rings. The molecule has 0 bridgehead atoms. The van der Waals surface area contributed by atoms with Crippen LogP contribution in [0.3, 0.4) is 0 Å². The summed E-state index contributed by atoms with van der Waals surface area (Å²) in [5.41, 5.74) is 0. The van der Waals surface area contributed by atoms with Crippen LogP contribution in [0, 0.1) is 0 Å². The van der Waals surface area contributed by atoms with Crippen molar-refractivity contribution in [2.75, 3.05) is 13.1 Å². The Labute approximate surface area is 78.2 Å². The van der Waals surface area contributed by atoms with Crippen LogP contribution in [0.2, 0.25) is 0 Å². The van der Waals surface area contributed by atoms with E-state index < -0.39 is 0 Å². The zero-order chi connectivity index (χ0) is 9.26. The lowest BCUT2D eigenvalue weighted by Crippen LogP contribution is -2.36. The number of hydroxylamine groups is 2. The predicted octanol–water partition coefficient (Wildman–Crippen LogP) is 0.291. The number of rotatable bonds is 2. The van der Waals surface area contributed by atoms with Gasteiger partial charge in [0, 0.05) is 6.54 Å². The van der Waals surface area contributed by atoms with Gasteiger partial charge >= 0.3 is 0 Å². The van der Waals surface area contributed by atoms with Crippen LogP contribution in [0.15, 0.2) is 0 Å². The minimum absolute atomic E-state index is 0.119. The molecule has 2 heterocycles. The molecule has 0 aromatic rings. The largest absolute Gasteiger partial charge is 0.315 e. The zero-order valence-electron chi connectivity index (χ0n) is 7.95. The summed E-state index contributed by atoms with van der Waals surface area (Å²) in [5, 5.41) is 4.82. The fraction of sp³-hybridized carbons (Fsp3) is 0.889. The van der Waals surface area contributed by atoms with Crippen LogP contribution >= 0.6 is 0 Å². The molecule has 0 radical (unpaired) electrons. The first-order chi connectivity index (χ1) is 6.31. The van der Waals surface area contributed by atoms with Crippen LogP contribution in [0.25, 0.3) is 0 Å². The highest BCUT2D eigenvalue weighted by molar-refractivity contribution is 5.77. The lowest BCUT2D eigenvalue weighted by molar-refractivity contribution is -0.185. The molecule has 74 valence electrons. The molecular formula is C9H16N2O2. The summed E-state index contributed by atoms with van der Waals surface area (Å²) >= 11 is 0. The summed E-state index contributed by atoms with van der Waals surface area (Å²) < 4.78 is 0. The fourth-order valence-electron chi connectivity index (χ4n) is 1.89. The van der Waals surface area contributed by atoms with Crippen LogP contribution in [-0.4, -0.2) is 36.2 Å². The molecule has 0 aliphatic carbocycles. The zero-order valence-corrected chi connectivity index (χ0v) is 7.95. The standard InChI is InChI=1S/C9H16N2O2/c1-2-8-5-9(12)11(13-8)7-3-4-10-6-7/h7-8,10H,2-6H2,1H3. The lowest BCUT2D eigenvalue weighted by Gasteiger charge is -2.21. The number of nitrogens with zero attached hydrogens (tertiary/aromatic N) is 1. The average Bonchev–Trinajstić information content (AvgIpc) is 2.72. The van der Waals surface area contributed by atoms with Crippen molar-refractivity contribution in [2.24, 2.45) is 0 Å². The molecule has 2 rings (SSSR count). The molecule has 2 saturated heterocycles. The monoisotopic (exact) mass is 184 g/mol. The number of hydrogen-bond donors (Lipinski definition) is 1. The van der Waals surface area contributed by atoms with Gasteiger partial charge in [0.25, 0.3) is 0 Å². The van der Waals surface area contributed by atoms with Gasteiger partial charge in [-0.05, 0) is 19.4 Å². The summed E-state index contributed by atoms with van der Waals surface area (Å²) in [6.45, 7) is 3.92. The van der Waals surface area contributed by atoms with Gasteiger partial charge in [0.15, 0.2) is 0 Å². The number of carbonyl (C=O) groups is 1. The van der Waals surface area contributed by atoms with Crippen LogP contribution in [0.4, 0.5) is 0 Å². The van der Waals surface area contributed by atoms with Crippen molar-refractivity contribution in [3.8, 4) is 0 Å². The van der Waals surface area contributed by atoms with Gasteiger partial charge in [0.1, 0.15) is 0 Å². The summed E-state index contributed by atoms with van der Waals surface area (Å²) in [6.07, 6.45) is 2.62. The van der Waals surface area contributed by atoms with Gasteiger partial charge in [-0.1, -0.05) is 6.92 Å². The second-order valence-corrected chi connectivity index (χ2v) is 3.71. The van der Waals surface area contributed by atoms with Crippen LogP contribution in [-0.2, 0) is 9.63 Å². The minimum Gasteiger partial charge on any atom is -0.315 e. The molecular weight excluding hydrogens is 168 g/mol. The van der Waals surface area contributed by atoms with E-state index in [0.717, 1.165) is 25.9 Å². The Morgan fingerprint density at radius 3 is 3.08 bits per heavy atom. The van der Waals surface area contributed by atoms with Gasteiger partial charge < -0.3 is 5.32 Å². The third-order valence-corrected chi connectivity index (χ3v) is 2.73. The lowest BCUT2D eigenvalue weighted by atomic mass is 10.2. The van der Waals surface area contributed by atoms with Gasteiger partial charge in [-0.15, -0.1) is 0 Å². The first-order valence-electron chi connectivity index (χ1n) is 5.00. The fourth-order valence-corrected chi connectivity index (χ4v) is 1.89. The molecule has 1 amide bonds. The molecule has 0 aromatic carbocycles. The Morgan fingerprint density at radius 1 is 1.69 bits per heavy atom. The maximum atomic E-state index is 11.5. The second kappa shape index (κ2) is 3.64. The van der Waals surface area contributed by atoms with Gasteiger partial charge in [-0.25, -0.2) is 5.06 Å². The first-order valence-corrected chi connectivity index (χ1v) is 5.00. The SMILES string of the molecule is CCC1CC(=O)N(C2CCNC2)O1. The number of nitrogens with one attached hydrogen (secondary N) is 1. The number of hydrogen-bond acceptors (Lipinski definition) is 3. The second-order valence-electron chi connectivity index (χ2n) is 3.71. The third kappa shape index (κ3) is 1.69. The molecule has 2 fully saturated rings. The summed E-state index contributed by atoms with van der Waals surface area (Å²) in [7, 11) is 0. The molecule has 4 heteroatoms. The van der Waals surface area contributed by atoms with E-state index in [1.54, 1.807) is 5.06 Å². The summed E-state index contributed by atoms with van der Waals surface area (Å²) in [4.78, 5) is 17.1. The highest BCUT2D eigenvalue weighted by atomic mass is 16.7. The molecule has 2 atom stereocenters. The van der Waals surface area contributed by atoms with Crippen molar-refractivity contribution >= 4 is 5.91 Å². The summed E-state index contributed by atoms with van der Waals surface area (Å²) in [6, 6.07) is 0.268. The van der Waals surface area contributed by atoms with Crippen molar-refractivity contribution in [3.63, 3.8) is 0 Å². The predicted molar refractivity (Wildman–Crippen MR) is 47.9 cm³/mol. The van der Waals surface area contributed by atoms with E-state index >= 15 is 0 Å². The molecule has 0 spiro atoms. The number of carbonyl (C=O) groups excluding carboxylic acids is 1. The molecule has 0 saturated carbocycles. The van der Waals surface area contributed by atoms with E-state index in [1.807, 2.05) is 6.92 Å². The van der Waals surface area contributed by atoms with E-state index in [-0.39, 0.29) is 18.1 Å². The van der Waals surface area contributed by atoms with Crippen LogP contribution < -0.4 is 5.32 Å². The van der Waals surface area contributed by atoms with Gasteiger partial charge in [-0.3, -0.25) is 9.63 Å². The Morgan fingerprint density at radius 2 is 2.54 bits per heavy atom. The minimum atomic E-state index is 0.119. The van der Waals surface area contributed by atoms with Crippen LogP contribution in [0.1, 0.15) is 26.2 Å². The van der Waals surface area contributed by atoms with Crippen molar-refractivity contribution in [3.05, 3.63) is 0 Å². The van der Waals surface area contributed by atoms with E-state index in [0.29, 0.717) is 6.42 Å². The van der Waals surface area contributed by atoms with Crippen molar-refractivity contribution < 1.29 is 9.63 Å². The first kappa shape index (κ1) is 8.97. The topological polar surface area (TPSA) is 41.6 Å². The quantitative estimate of drug-likeness (QED) is 0.670. The Balaban J connectivity index is 1.95. The van der Waals surface area contributed by atoms with E-state index in [1.165, 1.54) is 0 Å².